The SMILES string of the molecule is CC[C@H](NC(=O)c1cccc(Cl)c1)c1ccc(C)cc1. The highest BCUT2D eigenvalue weighted by molar-refractivity contribution is 6.30. The maximum Gasteiger partial charge on any atom is 0.251 e. The Labute approximate surface area is 124 Å². The minimum Gasteiger partial charge on any atom is -0.345 e. The molecular formula is C17H18ClNO. The number of hydrogen-bond donors (Lipinski definition) is 1. The van der Waals surface area contributed by atoms with Crippen molar-refractivity contribution >= 4 is 17.5 Å². The van der Waals surface area contributed by atoms with Crippen molar-refractivity contribution in [1.29, 1.82) is 0 Å². The first kappa shape index (κ1) is 14.6. The van der Waals surface area contributed by atoms with E-state index in [1.165, 1.54) is 5.56 Å². The zero-order valence-corrected chi connectivity index (χ0v) is 12.4. The molecule has 0 spiro atoms. The summed E-state index contributed by atoms with van der Waals surface area (Å²) in [5, 5.41) is 3.62. The Kier molecular flexibility index (Phi) is 4.80. The van der Waals surface area contributed by atoms with Crippen LogP contribution in [0.1, 0.15) is 40.9 Å². The highest BCUT2D eigenvalue weighted by Crippen LogP contribution is 2.18. The van der Waals surface area contributed by atoms with Crippen LogP contribution in [0, 0.1) is 6.92 Å². The Morgan fingerprint density at radius 2 is 1.90 bits per heavy atom. The van der Waals surface area contributed by atoms with Gasteiger partial charge in [-0.05, 0) is 37.1 Å². The highest BCUT2D eigenvalue weighted by Gasteiger charge is 2.14. The van der Waals surface area contributed by atoms with Crippen molar-refractivity contribution < 1.29 is 4.79 Å². The van der Waals surface area contributed by atoms with Gasteiger partial charge in [-0.15, -0.1) is 0 Å². The van der Waals surface area contributed by atoms with E-state index in [2.05, 4.69) is 43.4 Å². The molecule has 1 N–H and O–H groups in total. The molecule has 0 saturated carbocycles. The van der Waals surface area contributed by atoms with Gasteiger partial charge in [0.15, 0.2) is 0 Å². The van der Waals surface area contributed by atoms with Crippen molar-refractivity contribution in [3.05, 3.63) is 70.2 Å². The molecule has 0 radical (unpaired) electrons. The molecule has 0 aliphatic carbocycles. The molecule has 1 amide bonds. The van der Waals surface area contributed by atoms with Crippen LogP contribution in [0.25, 0.3) is 0 Å². The molecule has 0 bridgehead atoms. The number of amides is 1. The first-order valence-corrected chi connectivity index (χ1v) is 7.11. The maximum atomic E-state index is 12.2. The van der Waals surface area contributed by atoms with Crippen LogP contribution in [-0.4, -0.2) is 5.91 Å². The molecule has 3 heteroatoms. The van der Waals surface area contributed by atoms with E-state index in [9.17, 15) is 4.79 Å². The number of halogens is 1. The molecule has 0 aromatic heterocycles. The predicted molar refractivity (Wildman–Crippen MR) is 83.1 cm³/mol. The molecule has 20 heavy (non-hydrogen) atoms. The van der Waals surface area contributed by atoms with Gasteiger partial charge >= 0.3 is 0 Å². The largest absolute Gasteiger partial charge is 0.345 e. The van der Waals surface area contributed by atoms with E-state index < -0.39 is 0 Å². The topological polar surface area (TPSA) is 29.1 Å². The van der Waals surface area contributed by atoms with E-state index >= 15 is 0 Å². The van der Waals surface area contributed by atoms with E-state index in [1.807, 2.05) is 0 Å². The molecule has 0 saturated heterocycles. The summed E-state index contributed by atoms with van der Waals surface area (Å²) in [6, 6.07) is 15.2. The van der Waals surface area contributed by atoms with Crippen LogP contribution in [0.5, 0.6) is 0 Å². The van der Waals surface area contributed by atoms with E-state index in [4.69, 9.17) is 11.6 Å². The van der Waals surface area contributed by atoms with Crippen LogP contribution in [0.4, 0.5) is 0 Å². The lowest BCUT2D eigenvalue weighted by Crippen LogP contribution is -2.28. The van der Waals surface area contributed by atoms with Gasteiger partial charge in [0.05, 0.1) is 6.04 Å². The molecule has 0 heterocycles. The van der Waals surface area contributed by atoms with E-state index in [1.54, 1.807) is 24.3 Å². The molecule has 1 atom stereocenters. The number of aryl methyl sites for hydroxylation is 1. The van der Waals surface area contributed by atoms with Crippen molar-refractivity contribution in [2.45, 2.75) is 26.3 Å². The van der Waals surface area contributed by atoms with Gasteiger partial charge in [-0.25, -0.2) is 0 Å². The summed E-state index contributed by atoms with van der Waals surface area (Å²) >= 11 is 5.91. The highest BCUT2D eigenvalue weighted by atomic mass is 35.5. The average molecular weight is 288 g/mol. The molecule has 0 aliphatic rings. The third-order valence-electron chi connectivity index (χ3n) is 3.28. The van der Waals surface area contributed by atoms with Gasteiger partial charge in [-0.2, -0.15) is 0 Å². The van der Waals surface area contributed by atoms with Crippen LogP contribution < -0.4 is 5.32 Å². The fourth-order valence-electron chi connectivity index (χ4n) is 2.09. The van der Waals surface area contributed by atoms with Crippen molar-refractivity contribution in [1.82, 2.24) is 5.32 Å². The van der Waals surface area contributed by atoms with Crippen LogP contribution in [0.3, 0.4) is 0 Å². The van der Waals surface area contributed by atoms with E-state index in [0.717, 1.165) is 12.0 Å². The van der Waals surface area contributed by atoms with E-state index in [-0.39, 0.29) is 11.9 Å². The van der Waals surface area contributed by atoms with Crippen LogP contribution in [-0.2, 0) is 0 Å². The summed E-state index contributed by atoms with van der Waals surface area (Å²) in [4.78, 5) is 12.2. The second-order valence-corrected chi connectivity index (χ2v) is 5.29. The van der Waals surface area contributed by atoms with Crippen molar-refractivity contribution in [2.75, 3.05) is 0 Å². The van der Waals surface area contributed by atoms with Gasteiger partial charge in [0.2, 0.25) is 0 Å². The smallest absolute Gasteiger partial charge is 0.251 e. The van der Waals surface area contributed by atoms with Crippen molar-refractivity contribution in [3.8, 4) is 0 Å². The normalized spacial score (nSPS) is 11.9. The summed E-state index contributed by atoms with van der Waals surface area (Å²) in [7, 11) is 0. The predicted octanol–water partition coefficient (Wildman–Crippen LogP) is 4.53. The number of hydrogen-bond acceptors (Lipinski definition) is 1. The number of carbonyl (C=O) groups is 1. The molecule has 0 unspecified atom stereocenters. The van der Waals surface area contributed by atoms with Gasteiger partial charge in [-0.3, -0.25) is 4.79 Å². The third kappa shape index (κ3) is 3.61. The Morgan fingerprint density at radius 3 is 2.50 bits per heavy atom. The summed E-state index contributed by atoms with van der Waals surface area (Å²) in [5.41, 5.74) is 2.92. The lowest BCUT2D eigenvalue weighted by molar-refractivity contribution is 0.0935. The zero-order chi connectivity index (χ0) is 14.5. The molecule has 2 nitrogen and oxygen atoms in total. The Balaban J connectivity index is 2.14. The molecular weight excluding hydrogens is 270 g/mol. The lowest BCUT2D eigenvalue weighted by atomic mass is 10.0. The molecule has 2 aromatic rings. The van der Waals surface area contributed by atoms with Crippen LogP contribution >= 0.6 is 11.6 Å². The summed E-state index contributed by atoms with van der Waals surface area (Å²) in [6.07, 6.45) is 0.843. The van der Waals surface area contributed by atoms with Gasteiger partial charge in [-0.1, -0.05) is 54.4 Å². The van der Waals surface area contributed by atoms with E-state index in [0.29, 0.717) is 10.6 Å². The van der Waals surface area contributed by atoms with Crippen molar-refractivity contribution in [3.63, 3.8) is 0 Å². The summed E-state index contributed by atoms with van der Waals surface area (Å²) in [5.74, 6) is -0.0973. The number of benzene rings is 2. The maximum absolute atomic E-state index is 12.2. The number of carbonyl (C=O) groups excluding carboxylic acids is 1. The molecule has 2 aromatic carbocycles. The second-order valence-electron chi connectivity index (χ2n) is 4.86. The number of nitrogens with one attached hydrogen (secondary N) is 1. The second kappa shape index (κ2) is 6.58. The zero-order valence-electron chi connectivity index (χ0n) is 11.7. The van der Waals surface area contributed by atoms with Gasteiger partial charge < -0.3 is 5.32 Å². The van der Waals surface area contributed by atoms with Crippen LogP contribution in [0.2, 0.25) is 5.02 Å². The number of rotatable bonds is 4. The lowest BCUT2D eigenvalue weighted by Gasteiger charge is -2.18. The Morgan fingerprint density at radius 1 is 1.20 bits per heavy atom. The minimum absolute atomic E-state index is 0.0158. The summed E-state index contributed by atoms with van der Waals surface area (Å²) in [6.45, 7) is 4.11. The van der Waals surface area contributed by atoms with Gasteiger partial charge in [0.1, 0.15) is 0 Å². The molecule has 104 valence electrons. The van der Waals surface area contributed by atoms with Gasteiger partial charge in [0, 0.05) is 10.6 Å². The third-order valence-corrected chi connectivity index (χ3v) is 3.52. The fourth-order valence-corrected chi connectivity index (χ4v) is 2.28. The molecule has 2 rings (SSSR count). The average Bonchev–Trinajstić information content (AvgIpc) is 2.45. The summed E-state index contributed by atoms with van der Waals surface area (Å²) < 4.78 is 0. The Bertz CT molecular complexity index is 592. The van der Waals surface area contributed by atoms with Crippen molar-refractivity contribution in [2.24, 2.45) is 0 Å². The molecule has 0 fully saturated rings. The quantitative estimate of drug-likeness (QED) is 0.879. The minimum atomic E-state index is -0.0973. The van der Waals surface area contributed by atoms with Gasteiger partial charge in [0.25, 0.3) is 5.91 Å². The Hall–Kier alpha value is -1.80. The van der Waals surface area contributed by atoms with Crippen LogP contribution in [0.15, 0.2) is 48.5 Å². The first-order valence-electron chi connectivity index (χ1n) is 6.73. The monoisotopic (exact) mass is 287 g/mol. The standard InChI is InChI=1S/C17H18ClNO/c1-3-16(13-9-7-12(2)8-10-13)19-17(20)14-5-4-6-15(18)11-14/h4-11,16H,3H2,1-2H3,(H,19,20)/t16-/m0/s1. The fraction of sp³-hybridized carbons (Fsp3) is 0.235. The molecule has 0 aliphatic heterocycles. The first-order chi connectivity index (χ1) is 9.60.